The molecule has 2 N–H and O–H groups in total. The van der Waals surface area contributed by atoms with Crippen molar-refractivity contribution < 1.29 is 9.59 Å². The topological polar surface area (TPSA) is 104 Å². The Kier molecular flexibility index (Phi) is 5.17. The van der Waals surface area contributed by atoms with Crippen molar-refractivity contribution in [3.05, 3.63) is 42.5 Å². The van der Waals surface area contributed by atoms with Crippen LogP contribution in [0.5, 0.6) is 0 Å². The largest absolute Gasteiger partial charge is 0.352 e. The van der Waals surface area contributed by atoms with Gasteiger partial charge in [0.15, 0.2) is 0 Å². The highest BCUT2D eigenvalue weighted by Gasteiger charge is 2.29. The fraction of sp³-hybridized carbons (Fsp3) is 0.353. The molecule has 0 radical (unpaired) electrons. The molecule has 1 atom stereocenters. The first-order valence-corrected chi connectivity index (χ1v) is 8.16. The van der Waals surface area contributed by atoms with Crippen molar-refractivity contribution in [2.24, 2.45) is 5.92 Å². The molecule has 1 unspecified atom stereocenters. The van der Waals surface area contributed by atoms with Crippen LogP contribution in [-0.4, -0.2) is 50.4 Å². The Hall–Kier alpha value is -3.03. The van der Waals surface area contributed by atoms with Gasteiger partial charge in [0.25, 0.3) is 0 Å². The first-order chi connectivity index (χ1) is 12.2. The van der Waals surface area contributed by atoms with Crippen LogP contribution in [0.1, 0.15) is 18.4 Å². The summed E-state index contributed by atoms with van der Waals surface area (Å²) >= 11 is 0. The number of H-pyrrole nitrogens is 1. The van der Waals surface area contributed by atoms with Crippen molar-refractivity contribution >= 4 is 11.8 Å². The molecular weight excluding hydrogens is 320 g/mol. The molecular formula is C17H20N6O2. The standard InChI is InChI=1S/C17H20N6O2/c1-2-8-23-11-14(6-7-15(23)24)17(25)18-10-12-4-3-5-13(9-12)16-19-21-22-20-16/h2-5,9,14H,1,6-8,10-11H2,(H,18,25)(H,19,20,21,22). The van der Waals surface area contributed by atoms with Crippen molar-refractivity contribution in [1.82, 2.24) is 30.8 Å². The number of nitrogens with zero attached hydrogens (tertiary/aromatic N) is 4. The molecule has 1 aromatic heterocycles. The Bertz CT molecular complexity index is 758. The second-order valence-electron chi connectivity index (χ2n) is 5.98. The van der Waals surface area contributed by atoms with Gasteiger partial charge < -0.3 is 10.2 Å². The van der Waals surface area contributed by atoms with Crippen molar-refractivity contribution in [1.29, 1.82) is 0 Å². The second kappa shape index (κ2) is 7.69. The van der Waals surface area contributed by atoms with Gasteiger partial charge in [-0.25, -0.2) is 0 Å². The van der Waals surface area contributed by atoms with Crippen LogP contribution in [0.15, 0.2) is 36.9 Å². The van der Waals surface area contributed by atoms with Gasteiger partial charge in [0.2, 0.25) is 17.6 Å². The summed E-state index contributed by atoms with van der Waals surface area (Å²) in [7, 11) is 0. The minimum Gasteiger partial charge on any atom is -0.352 e. The van der Waals surface area contributed by atoms with Crippen LogP contribution < -0.4 is 5.32 Å². The number of aromatic nitrogens is 4. The van der Waals surface area contributed by atoms with Crippen LogP contribution >= 0.6 is 0 Å². The quantitative estimate of drug-likeness (QED) is 0.761. The highest BCUT2D eigenvalue weighted by atomic mass is 16.2. The van der Waals surface area contributed by atoms with Gasteiger partial charge in [-0.05, 0) is 23.3 Å². The third-order valence-electron chi connectivity index (χ3n) is 4.22. The molecule has 0 saturated carbocycles. The van der Waals surface area contributed by atoms with E-state index in [-0.39, 0.29) is 17.7 Å². The molecule has 2 aromatic rings. The minimum absolute atomic E-state index is 0.0356. The SMILES string of the molecule is C=CCN1CC(C(=O)NCc2cccc(-c3nn[nH]n3)c2)CCC1=O. The molecule has 25 heavy (non-hydrogen) atoms. The van der Waals surface area contributed by atoms with Gasteiger partial charge >= 0.3 is 0 Å². The van der Waals surface area contributed by atoms with E-state index in [1.54, 1.807) is 11.0 Å². The molecule has 0 spiro atoms. The summed E-state index contributed by atoms with van der Waals surface area (Å²) < 4.78 is 0. The number of hydrogen-bond acceptors (Lipinski definition) is 5. The number of amides is 2. The summed E-state index contributed by atoms with van der Waals surface area (Å²) in [6.07, 6.45) is 2.67. The number of likely N-dealkylation sites (tertiary alicyclic amines) is 1. The summed E-state index contributed by atoms with van der Waals surface area (Å²) in [4.78, 5) is 25.9. The Morgan fingerprint density at radius 2 is 2.36 bits per heavy atom. The summed E-state index contributed by atoms with van der Waals surface area (Å²) in [5.74, 6) is 0.375. The lowest BCUT2D eigenvalue weighted by atomic mass is 9.96. The van der Waals surface area contributed by atoms with Crippen LogP contribution in [0.3, 0.4) is 0 Å². The van der Waals surface area contributed by atoms with Crippen molar-refractivity contribution in [2.45, 2.75) is 19.4 Å². The molecule has 2 amide bonds. The molecule has 1 aliphatic heterocycles. The summed E-state index contributed by atoms with van der Waals surface area (Å²) in [6.45, 7) is 4.99. The molecule has 0 aliphatic carbocycles. The van der Waals surface area contributed by atoms with Crippen LogP contribution in [0, 0.1) is 5.92 Å². The number of piperidine rings is 1. The van der Waals surface area contributed by atoms with Crippen LogP contribution in [0.25, 0.3) is 11.4 Å². The zero-order chi connectivity index (χ0) is 17.6. The highest BCUT2D eigenvalue weighted by molar-refractivity contribution is 5.83. The minimum atomic E-state index is -0.182. The van der Waals surface area contributed by atoms with E-state index in [4.69, 9.17) is 0 Å². The van der Waals surface area contributed by atoms with E-state index in [0.29, 0.717) is 38.3 Å². The predicted octanol–water partition coefficient (Wildman–Crippen LogP) is 0.907. The molecule has 8 heteroatoms. The van der Waals surface area contributed by atoms with E-state index >= 15 is 0 Å². The Morgan fingerprint density at radius 1 is 1.48 bits per heavy atom. The molecule has 2 heterocycles. The summed E-state index contributed by atoms with van der Waals surface area (Å²) in [6, 6.07) is 7.62. The van der Waals surface area contributed by atoms with E-state index in [2.05, 4.69) is 32.5 Å². The van der Waals surface area contributed by atoms with Gasteiger partial charge in [-0.3, -0.25) is 9.59 Å². The maximum Gasteiger partial charge on any atom is 0.225 e. The molecule has 1 fully saturated rings. The Morgan fingerprint density at radius 3 is 3.12 bits per heavy atom. The maximum atomic E-state index is 12.4. The molecule has 130 valence electrons. The van der Waals surface area contributed by atoms with Gasteiger partial charge in [-0.2, -0.15) is 5.21 Å². The van der Waals surface area contributed by atoms with Crippen LogP contribution in [0.4, 0.5) is 0 Å². The van der Waals surface area contributed by atoms with Gasteiger partial charge in [0.05, 0.1) is 5.92 Å². The second-order valence-corrected chi connectivity index (χ2v) is 5.98. The molecule has 1 aliphatic rings. The van der Waals surface area contributed by atoms with Crippen molar-refractivity contribution in [2.75, 3.05) is 13.1 Å². The van der Waals surface area contributed by atoms with Crippen molar-refractivity contribution in [3.63, 3.8) is 0 Å². The van der Waals surface area contributed by atoms with E-state index in [1.165, 1.54) is 0 Å². The van der Waals surface area contributed by atoms with E-state index in [9.17, 15) is 9.59 Å². The van der Waals surface area contributed by atoms with Gasteiger partial charge in [-0.15, -0.1) is 16.8 Å². The first-order valence-electron chi connectivity index (χ1n) is 8.16. The summed E-state index contributed by atoms with van der Waals surface area (Å²) in [5.41, 5.74) is 1.78. The lowest BCUT2D eigenvalue weighted by Crippen LogP contribution is -2.45. The smallest absolute Gasteiger partial charge is 0.225 e. The normalized spacial score (nSPS) is 17.4. The number of tetrazole rings is 1. The molecule has 1 aromatic carbocycles. The highest BCUT2D eigenvalue weighted by Crippen LogP contribution is 2.18. The number of aromatic amines is 1. The number of nitrogens with one attached hydrogen (secondary N) is 2. The van der Waals surface area contributed by atoms with Crippen molar-refractivity contribution in [3.8, 4) is 11.4 Å². The number of carbonyl (C=O) groups excluding carboxylic acids is 2. The Labute approximate surface area is 145 Å². The number of rotatable bonds is 6. The molecule has 3 rings (SSSR count). The van der Waals surface area contributed by atoms with Gasteiger partial charge in [-0.1, -0.05) is 24.3 Å². The lowest BCUT2D eigenvalue weighted by Gasteiger charge is -2.31. The van der Waals surface area contributed by atoms with E-state index < -0.39 is 0 Å². The monoisotopic (exact) mass is 340 g/mol. The number of carbonyl (C=O) groups is 2. The fourth-order valence-corrected chi connectivity index (χ4v) is 2.90. The zero-order valence-corrected chi connectivity index (χ0v) is 13.8. The molecule has 8 nitrogen and oxygen atoms in total. The average Bonchev–Trinajstić information content (AvgIpc) is 3.17. The zero-order valence-electron chi connectivity index (χ0n) is 13.8. The van der Waals surface area contributed by atoms with Crippen LogP contribution in [-0.2, 0) is 16.1 Å². The van der Waals surface area contributed by atoms with Gasteiger partial charge in [0.1, 0.15) is 0 Å². The molecule has 0 bridgehead atoms. The average molecular weight is 340 g/mol. The maximum absolute atomic E-state index is 12.4. The first kappa shape index (κ1) is 16.8. The number of hydrogen-bond donors (Lipinski definition) is 2. The van der Waals surface area contributed by atoms with Crippen LogP contribution in [0.2, 0.25) is 0 Å². The molecule has 1 saturated heterocycles. The van der Waals surface area contributed by atoms with E-state index in [0.717, 1.165) is 11.1 Å². The predicted molar refractivity (Wildman–Crippen MR) is 91.0 cm³/mol. The summed E-state index contributed by atoms with van der Waals surface area (Å²) in [5, 5.41) is 16.8. The van der Waals surface area contributed by atoms with E-state index in [1.807, 2.05) is 24.3 Å². The third kappa shape index (κ3) is 4.09. The lowest BCUT2D eigenvalue weighted by molar-refractivity contribution is -0.137. The third-order valence-corrected chi connectivity index (χ3v) is 4.22. The number of benzene rings is 1. The van der Waals surface area contributed by atoms with Gasteiger partial charge in [0, 0.05) is 31.6 Å². The Balaban J connectivity index is 1.58. The fourth-order valence-electron chi connectivity index (χ4n) is 2.90.